The molecule has 3 heteroatoms. The third kappa shape index (κ3) is 3.61. The van der Waals surface area contributed by atoms with Crippen LogP contribution in [0.15, 0.2) is 66.7 Å². The van der Waals surface area contributed by atoms with Gasteiger partial charge in [0.2, 0.25) is 0 Å². The molecule has 156 valence electrons. The van der Waals surface area contributed by atoms with Gasteiger partial charge in [-0.25, -0.2) is 0 Å². The summed E-state index contributed by atoms with van der Waals surface area (Å²) in [6.07, 6.45) is 1.14. The molecule has 2 fully saturated rings. The first-order valence-corrected chi connectivity index (χ1v) is 11.2. The van der Waals surface area contributed by atoms with E-state index >= 15 is 0 Å². The highest BCUT2D eigenvalue weighted by Gasteiger charge is 2.44. The summed E-state index contributed by atoms with van der Waals surface area (Å²) in [5.41, 5.74) is 2.79. The van der Waals surface area contributed by atoms with Crippen LogP contribution >= 0.6 is 0 Å². The predicted molar refractivity (Wildman–Crippen MR) is 124 cm³/mol. The maximum absolute atomic E-state index is 10.0. The van der Waals surface area contributed by atoms with Gasteiger partial charge < -0.3 is 5.11 Å². The summed E-state index contributed by atoms with van der Waals surface area (Å²) < 4.78 is 0. The Balaban J connectivity index is 1.33. The Kier molecular flexibility index (Phi) is 5.04. The number of hydrogen-bond donors (Lipinski definition) is 1. The van der Waals surface area contributed by atoms with Crippen molar-refractivity contribution < 1.29 is 5.11 Å². The first kappa shape index (κ1) is 19.6. The first-order valence-electron chi connectivity index (χ1n) is 11.2. The molecule has 5 rings (SSSR count). The van der Waals surface area contributed by atoms with Crippen LogP contribution < -0.4 is 0 Å². The number of aromatic hydroxyl groups is 1. The molecule has 0 aromatic heterocycles. The number of piperazine rings is 1. The topological polar surface area (TPSA) is 26.7 Å². The molecule has 0 saturated carbocycles. The normalized spacial score (nSPS) is 27.8. The quantitative estimate of drug-likeness (QED) is 0.668. The van der Waals surface area contributed by atoms with Crippen molar-refractivity contribution in [3.8, 4) is 5.75 Å². The van der Waals surface area contributed by atoms with Gasteiger partial charge in [0.15, 0.2) is 0 Å². The highest BCUT2D eigenvalue weighted by molar-refractivity contribution is 5.82. The number of hydrogen-bond acceptors (Lipinski definition) is 3. The van der Waals surface area contributed by atoms with E-state index in [1.54, 1.807) is 6.07 Å². The van der Waals surface area contributed by atoms with Crippen molar-refractivity contribution in [2.75, 3.05) is 26.2 Å². The molecule has 3 aromatic carbocycles. The lowest BCUT2D eigenvalue weighted by Crippen LogP contribution is -2.60. The Morgan fingerprint density at radius 3 is 2.60 bits per heavy atom. The van der Waals surface area contributed by atoms with E-state index in [-0.39, 0.29) is 5.41 Å². The molecule has 1 N–H and O–H groups in total. The number of phenols is 1. The van der Waals surface area contributed by atoms with Gasteiger partial charge in [-0.2, -0.15) is 0 Å². The summed E-state index contributed by atoms with van der Waals surface area (Å²) in [4.78, 5) is 5.33. The van der Waals surface area contributed by atoms with E-state index in [2.05, 4.69) is 72.2 Å². The minimum atomic E-state index is 0.103. The molecule has 2 aliphatic heterocycles. The summed E-state index contributed by atoms with van der Waals surface area (Å²) in [6.45, 7) is 10.3. The molecule has 3 nitrogen and oxygen atoms in total. The third-order valence-corrected chi connectivity index (χ3v) is 7.67. The molecule has 30 heavy (non-hydrogen) atoms. The van der Waals surface area contributed by atoms with Gasteiger partial charge in [-0.05, 0) is 57.9 Å². The Hall–Kier alpha value is -2.36. The van der Waals surface area contributed by atoms with Crippen molar-refractivity contribution in [3.05, 3.63) is 77.9 Å². The van der Waals surface area contributed by atoms with Crippen LogP contribution in [0, 0.1) is 5.92 Å². The van der Waals surface area contributed by atoms with Crippen LogP contribution in [0.2, 0.25) is 0 Å². The van der Waals surface area contributed by atoms with E-state index in [9.17, 15) is 5.11 Å². The van der Waals surface area contributed by atoms with Gasteiger partial charge in [0.25, 0.3) is 0 Å². The Bertz CT molecular complexity index is 1050. The van der Waals surface area contributed by atoms with Gasteiger partial charge >= 0.3 is 0 Å². The minimum Gasteiger partial charge on any atom is -0.508 e. The Morgan fingerprint density at radius 1 is 0.933 bits per heavy atom. The smallest absolute Gasteiger partial charge is 0.115 e. The number of nitrogens with zero attached hydrogens (tertiary/aromatic N) is 2. The fourth-order valence-corrected chi connectivity index (χ4v) is 5.64. The van der Waals surface area contributed by atoms with E-state index in [0.29, 0.717) is 17.7 Å². The van der Waals surface area contributed by atoms with E-state index < -0.39 is 0 Å². The minimum absolute atomic E-state index is 0.103. The summed E-state index contributed by atoms with van der Waals surface area (Å²) in [5, 5.41) is 12.7. The molecule has 0 radical (unpaired) electrons. The summed E-state index contributed by atoms with van der Waals surface area (Å²) >= 11 is 0. The summed E-state index contributed by atoms with van der Waals surface area (Å²) in [7, 11) is 0. The highest BCUT2D eigenvalue weighted by Crippen LogP contribution is 2.43. The van der Waals surface area contributed by atoms with Crippen LogP contribution in [0.3, 0.4) is 0 Å². The van der Waals surface area contributed by atoms with Gasteiger partial charge in [-0.1, -0.05) is 62.4 Å². The molecule has 3 aromatic rings. The fourth-order valence-electron chi connectivity index (χ4n) is 5.64. The number of phenolic OH excluding ortho intramolecular Hbond substituents is 1. The zero-order valence-electron chi connectivity index (χ0n) is 18.1. The molecule has 3 atom stereocenters. The molecule has 0 aliphatic carbocycles. The monoisotopic (exact) mass is 400 g/mol. The average molecular weight is 401 g/mol. The first-order chi connectivity index (χ1) is 14.5. The molecule has 0 bridgehead atoms. The largest absolute Gasteiger partial charge is 0.508 e. The maximum atomic E-state index is 10.0. The van der Waals surface area contributed by atoms with Gasteiger partial charge in [0, 0.05) is 38.8 Å². The molecular formula is C27H32N2O. The van der Waals surface area contributed by atoms with E-state index in [1.807, 2.05) is 12.1 Å². The van der Waals surface area contributed by atoms with Crippen molar-refractivity contribution >= 4 is 10.8 Å². The molecule has 0 amide bonds. The predicted octanol–water partition coefficient (Wildman–Crippen LogP) is 5.03. The highest BCUT2D eigenvalue weighted by atomic mass is 16.3. The van der Waals surface area contributed by atoms with Crippen molar-refractivity contribution in [2.24, 2.45) is 5.92 Å². The number of fused-ring (bicyclic) bond motifs is 2. The zero-order chi connectivity index (χ0) is 20.7. The lowest BCUT2D eigenvalue weighted by Gasteiger charge is -2.53. The van der Waals surface area contributed by atoms with Gasteiger partial charge in [-0.15, -0.1) is 0 Å². The fraction of sp³-hybridized carbons (Fsp3) is 0.407. The van der Waals surface area contributed by atoms with Crippen LogP contribution in [0.25, 0.3) is 10.8 Å². The summed E-state index contributed by atoms with van der Waals surface area (Å²) in [6, 6.07) is 24.0. The van der Waals surface area contributed by atoms with Crippen molar-refractivity contribution in [2.45, 2.75) is 38.3 Å². The van der Waals surface area contributed by atoms with Crippen molar-refractivity contribution in [1.82, 2.24) is 9.80 Å². The van der Waals surface area contributed by atoms with Crippen LogP contribution in [0.1, 0.15) is 31.4 Å². The molecule has 2 unspecified atom stereocenters. The molecule has 0 spiro atoms. The lowest BCUT2D eigenvalue weighted by molar-refractivity contribution is -0.00556. The maximum Gasteiger partial charge on any atom is 0.115 e. The summed E-state index contributed by atoms with van der Waals surface area (Å²) in [5.74, 6) is 0.951. The van der Waals surface area contributed by atoms with Gasteiger partial charge in [0.1, 0.15) is 5.75 Å². The standard InChI is InChI=1S/C27H32N2O/c1-20-17-29-13-12-28(18-21-10-11-22-6-3-4-7-23(22)14-21)19-25(29)16-27(20,2)24-8-5-9-26(30)15-24/h3-11,14-15,20,25,30H,12-13,16-19H2,1-2H3/t20?,25?,27-/m1/s1. The molecule has 2 aliphatic rings. The lowest BCUT2D eigenvalue weighted by atomic mass is 9.65. The van der Waals surface area contributed by atoms with Crippen LogP contribution in [-0.2, 0) is 12.0 Å². The second kappa shape index (κ2) is 7.72. The van der Waals surface area contributed by atoms with Crippen LogP contribution in [-0.4, -0.2) is 47.1 Å². The number of rotatable bonds is 3. The Morgan fingerprint density at radius 2 is 1.77 bits per heavy atom. The molecular weight excluding hydrogens is 368 g/mol. The molecule has 2 saturated heterocycles. The van der Waals surface area contributed by atoms with Crippen LogP contribution in [0.4, 0.5) is 0 Å². The zero-order valence-corrected chi connectivity index (χ0v) is 18.1. The number of piperidine rings is 1. The van der Waals surface area contributed by atoms with E-state index in [4.69, 9.17) is 0 Å². The molecule has 2 heterocycles. The van der Waals surface area contributed by atoms with Crippen molar-refractivity contribution in [1.29, 1.82) is 0 Å². The number of benzene rings is 3. The van der Waals surface area contributed by atoms with E-state index in [1.165, 1.54) is 21.9 Å². The second-order valence-corrected chi connectivity index (χ2v) is 9.64. The SMILES string of the molecule is CC1CN2CCN(Cc3ccc4ccccc4c3)CC2C[C@@]1(C)c1cccc(O)c1. The van der Waals surface area contributed by atoms with Gasteiger partial charge in [-0.3, -0.25) is 9.80 Å². The Labute approximate surface area is 179 Å². The third-order valence-electron chi connectivity index (χ3n) is 7.67. The van der Waals surface area contributed by atoms with Crippen molar-refractivity contribution in [3.63, 3.8) is 0 Å². The van der Waals surface area contributed by atoms with Gasteiger partial charge in [0.05, 0.1) is 0 Å². The van der Waals surface area contributed by atoms with Crippen LogP contribution in [0.5, 0.6) is 5.75 Å². The average Bonchev–Trinajstić information content (AvgIpc) is 2.75. The van der Waals surface area contributed by atoms with E-state index in [0.717, 1.165) is 39.1 Å². The second-order valence-electron chi connectivity index (χ2n) is 9.64.